The zero-order valence-corrected chi connectivity index (χ0v) is 9.80. The smallest absolute Gasteiger partial charge is 0.326 e. The van der Waals surface area contributed by atoms with Crippen LogP contribution in [0.1, 0.15) is 29.6 Å². The Kier molecular flexibility index (Phi) is 3.60. The van der Waals surface area contributed by atoms with E-state index in [2.05, 4.69) is 0 Å². The van der Waals surface area contributed by atoms with Gasteiger partial charge in [0.1, 0.15) is 11.9 Å². The summed E-state index contributed by atoms with van der Waals surface area (Å²) in [5.41, 5.74) is -0.0642. The second-order valence-corrected chi connectivity index (χ2v) is 4.33. The number of halogens is 1. The molecule has 1 aromatic rings. The van der Waals surface area contributed by atoms with E-state index in [1.54, 1.807) is 6.07 Å². The largest absolute Gasteiger partial charge is 0.480 e. The minimum absolute atomic E-state index is 0.0642. The summed E-state index contributed by atoms with van der Waals surface area (Å²) in [7, 11) is 0. The molecule has 18 heavy (non-hydrogen) atoms. The van der Waals surface area contributed by atoms with Crippen LogP contribution in [0.2, 0.25) is 0 Å². The molecule has 1 heterocycles. The Morgan fingerprint density at radius 1 is 1.28 bits per heavy atom. The number of carbonyl (C=O) groups is 2. The molecule has 1 N–H and O–H groups in total. The number of benzene rings is 1. The highest BCUT2D eigenvalue weighted by Gasteiger charge is 2.33. The number of carboxylic acid groups (broad SMARTS) is 1. The van der Waals surface area contributed by atoms with E-state index in [4.69, 9.17) is 5.11 Å². The molecular formula is C13H14FNO3. The van der Waals surface area contributed by atoms with Gasteiger partial charge < -0.3 is 10.0 Å². The molecule has 1 aliphatic rings. The van der Waals surface area contributed by atoms with Crippen LogP contribution < -0.4 is 0 Å². The number of aliphatic carboxylic acids is 1. The summed E-state index contributed by atoms with van der Waals surface area (Å²) in [5.74, 6) is -2.18. The van der Waals surface area contributed by atoms with Crippen molar-refractivity contribution >= 4 is 11.9 Å². The SMILES string of the molecule is O=C(O)[C@@H]1CCCCN1C(=O)c1ccccc1F. The molecule has 1 aliphatic heterocycles. The van der Waals surface area contributed by atoms with Crippen molar-refractivity contribution in [2.75, 3.05) is 6.54 Å². The lowest BCUT2D eigenvalue weighted by Gasteiger charge is -2.33. The first-order valence-electron chi connectivity index (χ1n) is 5.89. The molecule has 4 nitrogen and oxygen atoms in total. The quantitative estimate of drug-likeness (QED) is 0.873. The maximum atomic E-state index is 13.5. The number of nitrogens with zero attached hydrogens (tertiary/aromatic N) is 1. The van der Waals surface area contributed by atoms with Crippen LogP contribution in [0.25, 0.3) is 0 Å². The van der Waals surface area contributed by atoms with Crippen LogP contribution in [-0.4, -0.2) is 34.5 Å². The van der Waals surface area contributed by atoms with Gasteiger partial charge in [-0.2, -0.15) is 0 Å². The molecule has 1 fully saturated rings. The lowest BCUT2D eigenvalue weighted by atomic mass is 10.0. The van der Waals surface area contributed by atoms with E-state index in [-0.39, 0.29) is 5.56 Å². The first kappa shape index (κ1) is 12.5. The van der Waals surface area contributed by atoms with Crippen molar-refractivity contribution in [3.63, 3.8) is 0 Å². The van der Waals surface area contributed by atoms with Crippen molar-refractivity contribution in [3.05, 3.63) is 35.6 Å². The standard InChI is InChI=1S/C13H14FNO3/c14-10-6-2-1-5-9(10)12(16)15-8-4-3-7-11(15)13(17)18/h1-2,5-6,11H,3-4,7-8H2,(H,17,18)/t11-/m0/s1. The van der Waals surface area contributed by atoms with Crippen LogP contribution in [0.4, 0.5) is 4.39 Å². The Bertz CT molecular complexity index is 475. The average Bonchev–Trinajstić information content (AvgIpc) is 2.38. The van der Waals surface area contributed by atoms with Gasteiger partial charge in [-0.3, -0.25) is 4.79 Å². The third-order valence-corrected chi connectivity index (χ3v) is 3.15. The van der Waals surface area contributed by atoms with E-state index in [0.717, 1.165) is 12.8 Å². The number of piperidine rings is 1. The summed E-state index contributed by atoms with van der Waals surface area (Å²) >= 11 is 0. The van der Waals surface area contributed by atoms with Crippen LogP contribution >= 0.6 is 0 Å². The van der Waals surface area contributed by atoms with Crippen LogP contribution in [0.5, 0.6) is 0 Å². The van der Waals surface area contributed by atoms with Crippen LogP contribution in [-0.2, 0) is 4.79 Å². The summed E-state index contributed by atoms with van der Waals surface area (Å²) in [6.45, 7) is 0.365. The molecule has 0 bridgehead atoms. The first-order valence-corrected chi connectivity index (χ1v) is 5.89. The Morgan fingerprint density at radius 2 is 2.00 bits per heavy atom. The normalized spacial score (nSPS) is 19.6. The van der Waals surface area contributed by atoms with Crippen molar-refractivity contribution < 1.29 is 19.1 Å². The van der Waals surface area contributed by atoms with E-state index < -0.39 is 23.7 Å². The van der Waals surface area contributed by atoms with E-state index in [0.29, 0.717) is 13.0 Å². The van der Waals surface area contributed by atoms with E-state index in [1.807, 2.05) is 0 Å². The van der Waals surface area contributed by atoms with Gasteiger partial charge in [-0.25, -0.2) is 9.18 Å². The molecule has 2 rings (SSSR count). The van der Waals surface area contributed by atoms with Crippen molar-refractivity contribution in [3.8, 4) is 0 Å². The van der Waals surface area contributed by atoms with Gasteiger partial charge in [0, 0.05) is 6.54 Å². The van der Waals surface area contributed by atoms with Crippen LogP contribution in [0.3, 0.4) is 0 Å². The van der Waals surface area contributed by atoms with E-state index in [1.165, 1.54) is 23.1 Å². The number of carboxylic acids is 1. The van der Waals surface area contributed by atoms with Gasteiger partial charge in [0.05, 0.1) is 5.56 Å². The molecule has 1 atom stereocenters. The van der Waals surface area contributed by atoms with Crippen molar-refractivity contribution in [2.24, 2.45) is 0 Å². The van der Waals surface area contributed by atoms with Gasteiger partial charge in [0.2, 0.25) is 0 Å². The topological polar surface area (TPSA) is 57.6 Å². The molecule has 1 aromatic carbocycles. The number of likely N-dealkylation sites (tertiary alicyclic amines) is 1. The first-order chi connectivity index (χ1) is 8.61. The minimum atomic E-state index is -1.03. The predicted octanol–water partition coefficient (Wildman–Crippen LogP) is 1.91. The van der Waals surface area contributed by atoms with Crippen molar-refractivity contribution in [1.82, 2.24) is 4.90 Å². The molecule has 0 aromatic heterocycles. The lowest BCUT2D eigenvalue weighted by Crippen LogP contribution is -2.48. The van der Waals surface area contributed by atoms with Gasteiger partial charge in [-0.15, -0.1) is 0 Å². The monoisotopic (exact) mass is 251 g/mol. The van der Waals surface area contributed by atoms with E-state index >= 15 is 0 Å². The Labute approximate surface area is 104 Å². The lowest BCUT2D eigenvalue weighted by molar-refractivity contribution is -0.143. The predicted molar refractivity (Wildman–Crippen MR) is 62.7 cm³/mol. The highest BCUT2D eigenvalue weighted by Crippen LogP contribution is 2.21. The molecule has 96 valence electrons. The van der Waals surface area contributed by atoms with Gasteiger partial charge in [0.15, 0.2) is 0 Å². The summed E-state index contributed by atoms with van der Waals surface area (Å²) in [6, 6.07) is 4.80. The van der Waals surface area contributed by atoms with E-state index in [9.17, 15) is 14.0 Å². The van der Waals surface area contributed by atoms with Gasteiger partial charge in [-0.1, -0.05) is 12.1 Å². The molecular weight excluding hydrogens is 237 g/mol. The van der Waals surface area contributed by atoms with Gasteiger partial charge >= 0.3 is 5.97 Å². The van der Waals surface area contributed by atoms with Gasteiger partial charge in [-0.05, 0) is 31.4 Å². The Morgan fingerprint density at radius 3 is 2.67 bits per heavy atom. The Hall–Kier alpha value is -1.91. The fourth-order valence-electron chi connectivity index (χ4n) is 2.22. The van der Waals surface area contributed by atoms with Crippen LogP contribution in [0.15, 0.2) is 24.3 Å². The molecule has 5 heteroatoms. The second-order valence-electron chi connectivity index (χ2n) is 4.33. The zero-order valence-electron chi connectivity index (χ0n) is 9.80. The van der Waals surface area contributed by atoms with Crippen molar-refractivity contribution in [1.29, 1.82) is 0 Å². The summed E-state index contributed by atoms with van der Waals surface area (Å²) in [4.78, 5) is 24.5. The highest BCUT2D eigenvalue weighted by atomic mass is 19.1. The number of carbonyl (C=O) groups excluding carboxylic acids is 1. The van der Waals surface area contributed by atoms with Crippen LogP contribution in [0, 0.1) is 5.82 Å². The molecule has 0 saturated carbocycles. The maximum Gasteiger partial charge on any atom is 0.326 e. The Balaban J connectivity index is 2.27. The zero-order chi connectivity index (χ0) is 13.1. The molecule has 0 unspecified atom stereocenters. The molecule has 0 aliphatic carbocycles. The minimum Gasteiger partial charge on any atom is -0.480 e. The maximum absolute atomic E-state index is 13.5. The molecule has 0 radical (unpaired) electrons. The molecule has 0 spiro atoms. The number of amides is 1. The summed E-state index contributed by atoms with van der Waals surface area (Å²) in [5, 5.41) is 9.09. The average molecular weight is 251 g/mol. The second kappa shape index (κ2) is 5.16. The number of hydrogen-bond donors (Lipinski definition) is 1. The number of hydrogen-bond acceptors (Lipinski definition) is 2. The summed E-state index contributed by atoms with van der Waals surface area (Å²) in [6.07, 6.45) is 1.96. The third-order valence-electron chi connectivity index (χ3n) is 3.15. The highest BCUT2D eigenvalue weighted by molar-refractivity contribution is 5.96. The fourth-order valence-corrected chi connectivity index (χ4v) is 2.22. The molecule has 1 amide bonds. The number of rotatable bonds is 2. The fraction of sp³-hybridized carbons (Fsp3) is 0.385. The van der Waals surface area contributed by atoms with Gasteiger partial charge in [0.25, 0.3) is 5.91 Å². The molecule has 1 saturated heterocycles. The third kappa shape index (κ3) is 2.34. The van der Waals surface area contributed by atoms with Crippen molar-refractivity contribution in [2.45, 2.75) is 25.3 Å². The summed E-state index contributed by atoms with van der Waals surface area (Å²) < 4.78 is 13.5.